The molecule has 1 aliphatic heterocycles. The van der Waals surface area contributed by atoms with Crippen molar-refractivity contribution in [3.8, 4) is 17.0 Å². The fourth-order valence-corrected chi connectivity index (χ4v) is 3.86. The molecule has 2 aromatic heterocycles. The Balaban J connectivity index is 1.74. The van der Waals surface area contributed by atoms with E-state index in [4.69, 9.17) is 15.5 Å². The minimum atomic E-state index is -3.02. The van der Waals surface area contributed by atoms with Gasteiger partial charge < -0.3 is 20.1 Å². The lowest BCUT2D eigenvalue weighted by molar-refractivity contribution is -0.0494. The topological polar surface area (TPSA) is 86.4 Å². The van der Waals surface area contributed by atoms with Crippen molar-refractivity contribution >= 4 is 11.6 Å². The van der Waals surface area contributed by atoms with E-state index in [1.165, 1.54) is 12.3 Å². The number of alkyl halides is 3. The van der Waals surface area contributed by atoms with Crippen LogP contribution in [0.4, 0.5) is 24.8 Å². The molecule has 31 heavy (non-hydrogen) atoms. The van der Waals surface area contributed by atoms with Gasteiger partial charge in [0.05, 0.1) is 24.4 Å². The van der Waals surface area contributed by atoms with Crippen LogP contribution in [0.3, 0.4) is 0 Å². The Morgan fingerprint density at radius 1 is 1.29 bits per heavy atom. The number of nitrogens with zero attached hydrogens (tertiary/aromatic N) is 4. The number of anilines is 2. The van der Waals surface area contributed by atoms with E-state index < -0.39 is 12.8 Å². The summed E-state index contributed by atoms with van der Waals surface area (Å²) in [4.78, 5) is 15.5. The van der Waals surface area contributed by atoms with E-state index in [9.17, 15) is 13.2 Å². The van der Waals surface area contributed by atoms with E-state index in [2.05, 4.69) is 26.5 Å². The zero-order valence-electron chi connectivity index (χ0n) is 17.5. The molecule has 1 saturated carbocycles. The van der Waals surface area contributed by atoms with E-state index >= 15 is 0 Å². The van der Waals surface area contributed by atoms with Gasteiger partial charge in [0.2, 0.25) is 0 Å². The average molecular weight is 437 g/mol. The monoisotopic (exact) mass is 437 g/mol. The molecule has 0 spiro atoms. The van der Waals surface area contributed by atoms with Crippen molar-refractivity contribution in [2.45, 2.75) is 64.0 Å². The maximum absolute atomic E-state index is 13.5. The number of hydrogen-bond donors (Lipinski definition) is 1. The number of morpholine rings is 1. The summed E-state index contributed by atoms with van der Waals surface area (Å²) in [6.45, 7) is 2.33. The third kappa shape index (κ3) is 4.68. The van der Waals surface area contributed by atoms with Crippen LogP contribution in [0.1, 0.15) is 44.9 Å². The maximum Gasteiger partial charge on any atom is 0.387 e. The number of hydrogen-bond acceptors (Lipinski definition) is 7. The molecule has 2 N–H and O–H groups in total. The van der Waals surface area contributed by atoms with E-state index in [-0.39, 0.29) is 29.6 Å². The van der Waals surface area contributed by atoms with Crippen LogP contribution in [0.25, 0.3) is 11.3 Å². The van der Waals surface area contributed by atoms with Crippen molar-refractivity contribution in [2.75, 3.05) is 23.8 Å². The van der Waals surface area contributed by atoms with Crippen molar-refractivity contribution in [3.63, 3.8) is 0 Å². The highest BCUT2D eigenvalue weighted by molar-refractivity contribution is 5.66. The molecule has 0 aromatic carbocycles. The van der Waals surface area contributed by atoms with E-state index in [1.54, 1.807) is 6.07 Å². The predicted octanol–water partition coefficient (Wildman–Crippen LogP) is 3.94. The number of aromatic nitrogens is 3. The molecule has 4 rings (SSSR count). The summed E-state index contributed by atoms with van der Waals surface area (Å²) in [7, 11) is 0. The van der Waals surface area contributed by atoms with Crippen LogP contribution in [-0.2, 0) is 4.74 Å². The molecule has 10 heteroatoms. The van der Waals surface area contributed by atoms with Gasteiger partial charge in [-0.2, -0.15) is 8.78 Å². The summed E-state index contributed by atoms with van der Waals surface area (Å²) < 4.78 is 49.3. The number of rotatable bonds is 6. The minimum absolute atomic E-state index is 0.0782. The molecule has 168 valence electrons. The van der Waals surface area contributed by atoms with Gasteiger partial charge in [0.25, 0.3) is 0 Å². The lowest BCUT2D eigenvalue weighted by atomic mass is 9.83. The largest absolute Gasteiger partial charge is 0.431 e. The second-order valence-corrected chi connectivity index (χ2v) is 8.09. The lowest BCUT2D eigenvalue weighted by Gasteiger charge is -2.39. The number of halogens is 3. The third-order valence-electron chi connectivity index (χ3n) is 5.82. The Kier molecular flexibility index (Phi) is 6.17. The van der Waals surface area contributed by atoms with Crippen LogP contribution in [0.5, 0.6) is 5.75 Å². The zero-order valence-corrected chi connectivity index (χ0v) is 17.5. The smallest absolute Gasteiger partial charge is 0.387 e. The summed E-state index contributed by atoms with van der Waals surface area (Å²) in [6.07, 6.45) is 2.31. The molecular weight excluding hydrogens is 411 g/mol. The van der Waals surface area contributed by atoms with E-state index in [0.29, 0.717) is 48.9 Å². The number of pyridine rings is 1. The molecule has 2 aromatic rings. The normalized spacial score (nSPS) is 26.1. The first-order valence-corrected chi connectivity index (χ1v) is 10.5. The first-order valence-electron chi connectivity index (χ1n) is 10.5. The maximum atomic E-state index is 13.5. The quantitative estimate of drug-likeness (QED) is 0.732. The number of nitrogens with two attached hydrogens (primary N) is 1. The van der Waals surface area contributed by atoms with E-state index in [1.807, 2.05) is 6.92 Å². The zero-order chi connectivity index (χ0) is 22.1. The van der Waals surface area contributed by atoms with Crippen molar-refractivity contribution < 1.29 is 22.6 Å². The van der Waals surface area contributed by atoms with Gasteiger partial charge in [-0.05, 0) is 32.3 Å². The molecule has 2 atom stereocenters. The molecule has 3 heterocycles. The molecule has 7 nitrogen and oxygen atoms in total. The van der Waals surface area contributed by atoms with Crippen LogP contribution in [0.2, 0.25) is 0 Å². The van der Waals surface area contributed by atoms with Gasteiger partial charge in [-0.25, -0.2) is 19.3 Å². The van der Waals surface area contributed by atoms with Crippen LogP contribution >= 0.6 is 0 Å². The summed E-state index contributed by atoms with van der Waals surface area (Å²) in [5.74, 6) is 0.814. The van der Waals surface area contributed by atoms with E-state index in [0.717, 1.165) is 6.42 Å². The van der Waals surface area contributed by atoms with Crippen molar-refractivity contribution in [3.05, 3.63) is 24.2 Å². The molecule has 2 aliphatic rings. The minimum Gasteiger partial charge on any atom is -0.431 e. The predicted molar refractivity (Wildman–Crippen MR) is 110 cm³/mol. The second kappa shape index (κ2) is 8.86. The first-order chi connectivity index (χ1) is 14.8. The van der Waals surface area contributed by atoms with Gasteiger partial charge in [-0.15, -0.1) is 0 Å². The van der Waals surface area contributed by atoms with Crippen LogP contribution in [0.15, 0.2) is 18.3 Å². The fraction of sp³-hybridized carbons (Fsp3) is 0.571. The standard InChI is InChI=1S/C21H26F3N5O2/c1-3-15-9-29(11(2)10-30-15)18-7-16(27-20(28-18)12-4-14(22)5-12)13-6-17(31-21(23)24)19(25)26-8-13/h6-8,11-12,14-15,21H,3-5,9-10H2,1-2H3,(H2,25,26)/t11-,12?,14?,15-/m0/s1. The second-order valence-electron chi connectivity index (χ2n) is 8.09. The summed E-state index contributed by atoms with van der Waals surface area (Å²) in [5, 5.41) is 0. The summed E-state index contributed by atoms with van der Waals surface area (Å²) in [6, 6.07) is 3.28. The molecule has 0 bridgehead atoms. The van der Waals surface area contributed by atoms with Gasteiger partial charge in [0.1, 0.15) is 17.8 Å². The number of ether oxygens (including phenoxy) is 2. The Morgan fingerprint density at radius 2 is 2.06 bits per heavy atom. The summed E-state index contributed by atoms with van der Waals surface area (Å²) in [5.41, 5.74) is 6.64. The molecular formula is C21H26F3N5O2. The van der Waals surface area contributed by atoms with Gasteiger partial charge in [-0.1, -0.05) is 6.92 Å². The average Bonchev–Trinajstić information content (AvgIpc) is 2.72. The lowest BCUT2D eigenvalue weighted by Crippen LogP contribution is -2.48. The Labute approximate surface area is 178 Å². The van der Waals surface area contributed by atoms with Gasteiger partial charge in [-0.3, -0.25) is 0 Å². The Hall–Kier alpha value is -2.62. The van der Waals surface area contributed by atoms with Crippen LogP contribution in [0, 0.1) is 0 Å². The van der Waals surface area contributed by atoms with Gasteiger partial charge in [0, 0.05) is 30.3 Å². The van der Waals surface area contributed by atoms with Crippen molar-refractivity contribution in [1.82, 2.24) is 15.0 Å². The van der Waals surface area contributed by atoms with Gasteiger partial charge in [0.15, 0.2) is 11.6 Å². The highest BCUT2D eigenvalue weighted by Crippen LogP contribution is 2.39. The Bertz CT molecular complexity index is 926. The molecule has 1 saturated heterocycles. The highest BCUT2D eigenvalue weighted by atomic mass is 19.3. The molecule has 0 unspecified atom stereocenters. The van der Waals surface area contributed by atoms with Crippen molar-refractivity contribution in [2.24, 2.45) is 0 Å². The fourth-order valence-electron chi connectivity index (χ4n) is 3.86. The SMILES string of the molecule is CC[C@H]1CN(c2cc(-c3cnc(N)c(OC(F)F)c3)nc(C3CC(F)C3)n2)[C@@H](C)CO1. The molecule has 0 amide bonds. The molecule has 2 fully saturated rings. The summed E-state index contributed by atoms with van der Waals surface area (Å²) >= 11 is 0. The molecule has 0 radical (unpaired) electrons. The van der Waals surface area contributed by atoms with Gasteiger partial charge >= 0.3 is 6.61 Å². The van der Waals surface area contributed by atoms with Crippen molar-refractivity contribution in [1.29, 1.82) is 0 Å². The van der Waals surface area contributed by atoms with Crippen LogP contribution in [-0.4, -0.2) is 53.0 Å². The molecule has 1 aliphatic carbocycles. The van der Waals surface area contributed by atoms with Crippen LogP contribution < -0.4 is 15.4 Å². The first kappa shape index (κ1) is 21.6. The Morgan fingerprint density at radius 3 is 2.74 bits per heavy atom. The third-order valence-corrected chi connectivity index (χ3v) is 5.82. The number of nitrogen functional groups attached to an aromatic ring is 1. The highest BCUT2D eigenvalue weighted by Gasteiger charge is 2.34.